The van der Waals surface area contributed by atoms with Crippen LogP contribution in [0.1, 0.15) is 328 Å². The molecule has 386 valence electrons. The molecule has 3 unspecified atom stereocenters. The van der Waals surface area contributed by atoms with Crippen LogP contribution in [-0.2, 0) is 4.79 Å². The van der Waals surface area contributed by atoms with Gasteiger partial charge in [0.05, 0.1) is 18.8 Å². The number of carbonyl (C=O) groups excluding carboxylic acids is 1. The molecular formula is C60H117NO4. The van der Waals surface area contributed by atoms with Gasteiger partial charge in [0.1, 0.15) is 6.10 Å². The van der Waals surface area contributed by atoms with Crippen LogP contribution in [0.4, 0.5) is 0 Å². The van der Waals surface area contributed by atoms with E-state index in [0.29, 0.717) is 12.8 Å². The molecule has 5 nitrogen and oxygen atoms in total. The second kappa shape index (κ2) is 55.4. The van der Waals surface area contributed by atoms with Crippen molar-refractivity contribution >= 4 is 5.91 Å². The van der Waals surface area contributed by atoms with Crippen molar-refractivity contribution in [2.24, 2.45) is 0 Å². The molecule has 0 aromatic carbocycles. The van der Waals surface area contributed by atoms with Crippen molar-refractivity contribution in [2.75, 3.05) is 6.61 Å². The lowest BCUT2D eigenvalue weighted by molar-refractivity contribution is -0.124. The van der Waals surface area contributed by atoms with Crippen molar-refractivity contribution in [1.82, 2.24) is 5.32 Å². The van der Waals surface area contributed by atoms with Crippen molar-refractivity contribution < 1.29 is 20.1 Å². The summed E-state index contributed by atoms with van der Waals surface area (Å²) in [7, 11) is 0. The summed E-state index contributed by atoms with van der Waals surface area (Å²) in [6.07, 6.45) is 71.0. The molecule has 4 N–H and O–H groups in total. The Bertz CT molecular complexity index is 967. The van der Waals surface area contributed by atoms with E-state index >= 15 is 0 Å². The second-order valence-corrected chi connectivity index (χ2v) is 20.5. The van der Waals surface area contributed by atoms with Gasteiger partial charge in [-0.1, -0.05) is 295 Å². The number of allylic oxidation sites excluding steroid dienone is 4. The molecule has 3 atom stereocenters. The molecule has 0 aliphatic carbocycles. The van der Waals surface area contributed by atoms with E-state index in [1.807, 2.05) is 0 Å². The minimum atomic E-state index is -1.16. The Labute approximate surface area is 407 Å². The zero-order chi connectivity index (χ0) is 47.2. The predicted octanol–water partition coefficient (Wildman–Crippen LogP) is 18.5. The SMILES string of the molecule is CCCCC/C=C/CC/C=C/CCCC(O)C(O)C(CO)NC(=O)CCCCCCCCCCCCCCCCCCCCCCCCCCCCCCCCCCCCCCCCC. The molecule has 0 saturated heterocycles. The quantitative estimate of drug-likeness (QED) is 0.0361. The Kier molecular flexibility index (Phi) is 54.4. The largest absolute Gasteiger partial charge is 0.394 e. The van der Waals surface area contributed by atoms with E-state index in [4.69, 9.17) is 0 Å². The molecule has 0 spiro atoms. The van der Waals surface area contributed by atoms with Gasteiger partial charge in [-0.25, -0.2) is 0 Å². The average Bonchev–Trinajstić information content (AvgIpc) is 3.31. The first-order valence-electron chi connectivity index (χ1n) is 29.6. The molecule has 0 saturated carbocycles. The van der Waals surface area contributed by atoms with E-state index < -0.39 is 18.2 Å². The Morgan fingerprint density at radius 2 is 0.631 bits per heavy atom. The highest BCUT2D eigenvalue weighted by Gasteiger charge is 2.26. The molecule has 0 aromatic heterocycles. The van der Waals surface area contributed by atoms with Crippen molar-refractivity contribution in [3.63, 3.8) is 0 Å². The third kappa shape index (κ3) is 50.5. The minimum absolute atomic E-state index is 0.154. The zero-order valence-electron chi connectivity index (χ0n) is 44.1. The van der Waals surface area contributed by atoms with E-state index in [1.54, 1.807) is 0 Å². The lowest BCUT2D eigenvalue weighted by Crippen LogP contribution is -2.50. The molecule has 0 aliphatic rings. The van der Waals surface area contributed by atoms with Crippen molar-refractivity contribution in [1.29, 1.82) is 0 Å². The summed E-state index contributed by atoms with van der Waals surface area (Å²) in [5.74, 6) is -0.154. The smallest absolute Gasteiger partial charge is 0.220 e. The van der Waals surface area contributed by atoms with Gasteiger partial charge in [0.25, 0.3) is 0 Å². The fourth-order valence-electron chi connectivity index (χ4n) is 9.48. The number of aliphatic hydroxyl groups excluding tert-OH is 3. The fourth-order valence-corrected chi connectivity index (χ4v) is 9.48. The van der Waals surface area contributed by atoms with Gasteiger partial charge >= 0.3 is 0 Å². The van der Waals surface area contributed by atoms with E-state index in [2.05, 4.69) is 43.5 Å². The third-order valence-electron chi connectivity index (χ3n) is 14.0. The maximum Gasteiger partial charge on any atom is 0.220 e. The molecule has 0 bridgehead atoms. The third-order valence-corrected chi connectivity index (χ3v) is 14.0. The summed E-state index contributed by atoms with van der Waals surface area (Å²) >= 11 is 0. The number of aliphatic hydroxyl groups is 3. The molecule has 0 radical (unpaired) electrons. The average molecular weight is 917 g/mol. The van der Waals surface area contributed by atoms with Gasteiger partial charge in [0.15, 0.2) is 0 Å². The molecule has 65 heavy (non-hydrogen) atoms. The van der Waals surface area contributed by atoms with Crippen LogP contribution in [-0.4, -0.2) is 46.1 Å². The molecule has 0 rings (SSSR count). The topological polar surface area (TPSA) is 89.8 Å². The standard InChI is InChI=1S/C60H117NO4/c1-3-5-7-9-11-13-15-17-18-19-20-21-22-23-24-25-26-27-28-29-30-31-32-33-34-35-36-37-38-39-40-41-42-43-45-47-49-51-53-55-59(64)61-57(56-62)60(65)58(63)54-52-50-48-46-44-16-14-12-10-8-6-4-2/h12,14,46,48,57-58,60,62-63,65H,3-11,13,15-45,47,49-56H2,1-2H3,(H,61,64)/b14-12+,48-46+. The van der Waals surface area contributed by atoms with Gasteiger partial charge in [0, 0.05) is 6.42 Å². The van der Waals surface area contributed by atoms with Crippen molar-refractivity contribution in [3.05, 3.63) is 24.3 Å². The van der Waals surface area contributed by atoms with Gasteiger partial charge in [-0.05, 0) is 51.4 Å². The van der Waals surface area contributed by atoms with Gasteiger partial charge in [0.2, 0.25) is 5.91 Å². The monoisotopic (exact) mass is 916 g/mol. The maximum atomic E-state index is 12.5. The van der Waals surface area contributed by atoms with Crippen LogP contribution in [0.15, 0.2) is 24.3 Å². The number of unbranched alkanes of at least 4 members (excludes halogenated alkanes) is 43. The van der Waals surface area contributed by atoms with E-state index in [0.717, 1.165) is 44.9 Å². The molecule has 0 aliphatic heterocycles. The molecular weight excluding hydrogens is 799 g/mol. The second-order valence-electron chi connectivity index (χ2n) is 20.5. The highest BCUT2D eigenvalue weighted by Crippen LogP contribution is 2.18. The molecule has 1 amide bonds. The summed E-state index contributed by atoms with van der Waals surface area (Å²) in [5, 5.41) is 33.5. The van der Waals surface area contributed by atoms with Crippen LogP contribution in [0.25, 0.3) is 0 Å². The van der Waals surface area contributed by atoms with Crippen molar-refractivity contribution in [3.8, 4) is 0 Å². The molecule has 0 aromatic rings. The number of hydrogen-bond acceptors (Lipinski definition) is 4. The van der Waals surface area contributed by atoms with E-state index in [-0.39, 0.29) is 12.5 Å². The summed E-state index contributed by atoms with van der Waals surface area (Å²) in [5.41, 5.74) is 0. The Hall–Kier alpha value is -1.17. The lowest BCUT2D eigenvalue weighted by Gasteiger charge is -2.26. The number of amides is 1. The highest BCUT2D eigenvalue weighted by atomic mass is 16.3. The molecule has 0 heterocycles. The Morgan fingerprint density at radius 1 is 0.369 bits per heavy atom. The van der Waals surface area contributed by atoms with E-state index in [1.165, 1.54) is 257 Å². The molecule has 0 fully saturated rings. The van der Waals surface area contributed by atoms with Crippen LogP contribution in [0.5, 0.6) is 0 Å². The number of nitrogens with one attached hydrogen (secondary N) is 1. The van der Waals surface area contributed by atoms with Gasteiger partial charge in [-0.15, -0.1) is 0 Å². The normalized spacial score (nSPS) is 13.4. The summed E-state index contributed by atoms with van der Waals surface area (Å²) in [6.45, 7) is 4.15. The van der Waals surface area contributed by atoms with Crippen LogP contribution in [0, 0.1) is 0 Å². The first kappa shape index (κ1) is 63.8. The minimum Gasteiger partial charge on any atom is -0.394 e. The lowest BCUT2D eigenvalue weighted by atomic mass is 10.0. The van der Waals surface area contributed by atoms with Crippen LogP contribution < -0.4 is 5.32 Å². The maximum absolute atomic E-state index is 12.5. The predicted molar refractivity (Wildman–Crippen MR) is 287 cm³/mol. The van der Waals surface area contributed by atoms with Crippen LogP contribution in [0.2, 0.25) is 0 Å². The summed E-state index contributed by atoms with van der Waals surface area (Å²) in [6, 6.07) is -0.829. The van der Waals surface area contributed by atoms with Crippen LogP contribution in [0.3, 0.4) is 0 Å². The van der Waals surface area contributed by atoms with Gasteiger partial charge in [-0.3, -0.25) is 4.79 Å². The summed E-state index contributed by atoms with van der Waals surface area (Å²) in [4.78, 5) is 12.5. The van der Waals surface area contributed by atoms with E-state index in [9.17, 15) is 20.1 Å². The number of hydrogen-bond donors (Lipinski definition) is 4. The van der Waals surface area contributed by atoms with Gasteiger partial charge < -0.3 is 20.6 Å². The highest BCUT2D eigenvalue weighted by molar-refractivity contribution is 5.76. The zero-order valence-corrected chi connectivity index (χ0v) is 44.1. The summed E-state index contributed by atoms with van der Waals surface area (Å²) < 4.78 is 0. The Balaban J connectivity index is 3.39. The van der Waals surface area contributed by atoms with Crippen LogP contribution >= 0.6 is 0 Å². The first-order chi connectivity index (χ1) is 32.1. The first-order valence-corrected chi connectivity index (χ1v) is 29.6. The fraction of sp³-hybridized carbons (Fsp3) is 0.917. The van der Waals surface area contributed by atoms with Gasteiger partial charge in [-0.2, -0.15) is 0 Å². The van der Waals surface area contributed by atoms with Crippen molar-refractivity contribution in [2.45, 2.75) is 347 Å². The number of carbonyl (C=O) groups is 1. The Morgan fingerprint density at radius 3 is 0.938 bits per heavy atom. The molecule has 5 heteroatoms. The number of rotatable bonds is 55.